The Bertz CT molecular complexity index is 688. The summed E-state index contributed by atoms with van der Waals surface area (Å²) >= 11 is 0. The summed E-state index contributed by atoms with van der Waals surface area (Å²) in [5, 5.41) is 11.3. The van der Waals surface area contributed by atoms with E-state index in [1.54, 1.807) is 0 Å². The fourth-order valence-electron chi connectivity index (χ4n) is 2.80. The number of carbonyl (C=O) groups is 1. The monoisotopic (exact) mass is 324 g/mol. The van der Waals surface area contributed by atoms with Gasteiger partial charge in [-0.25, -0.2) is 0 Å². The zero-order valence-electron chi connectivity index (χ0n) is 14.5. The van der Waals surface area contributed by atoms with Crippen LogP contribution < -0.4 is 10.2 Å². The second-order valence-electron chi connectivity index (χ2n) is 6.78. The molecule has 24 heavy (non-hydrogen) atoms. The van der Waals surface area contributed by atoms with Gasteiger partial charge in [0.05, 0.1) is 18.2 Å². The SMILES string of the molecule is Cc1ccc(N2CC(NC(=O)Cc3ccc(C(C)C)cc3)C2)nn1. The van der Waals surface area contributed by atoms with Gasteiger partial charge in [-0.05, 0) is 36.1 Å². The number of nitrogens with zero attached hydrogens (tertiary/aromatic N) is 3. The summed E-state index contributed by atoms with van der Waals surface area (Å²) in [5.74, 6) is 1.46. The van der Waals surface area contributed by atoms with Crippen LogP contribution in [0.4, 0.5) is 5.82 Å². The molecule has 1 amide bonds. The fraction of sp³-hybridized carbons (Fsp3) is 0.421. The number of hydrogen-bond acceptors (Lipinski definition) is 4. The van der Waals surface area contributed by atoms with Crippen LogP contribution in [0.5, 0.6) is 0 Å². The molecule has 0 spiro atoms. The Morgan fingerprint density at radius 3 is 2.46 bits per heavy atom. The fourth-order valence-corrected chi connectivity index (χ4v) is 2.80. The molecule has 1 fully saturated rings. The van der Waals surface area contributed by atoms with E-state index in [0.717, 1.165) is 30.2 Å². The first-order chi connectivity index (χ1) is 11.5. The van der Waals surface area contributed by atoms with Gasteiger partial charge < -0.3 is 10.2 Å². The minimum Gasteiger partial charge on any atom is -0.351 e. The zero-order chi connectivity index (χ0) is 17.1. The summed E-state index contributed by atoms with van der Waals surface area (Å²) in [6.45, 7) is 7.83. The van der Waals surface area contributed by atoms with Crippen molar-refractivity contribution in [2.45, 2.75) is 39.2 Å². The molecule has 1 aliphatic heterocycles. The van der Waals surface area contributed by atoms with Crippen molar-refractivity contribution < 1.29 is 4.79 Å². The Labute approximate surface area is 143 Å². The first-order valence-electron chi connectivity index (χ1n) is 8.45. The summed E-state index contributed by atoms with van der Waals surface area (Å²) in [6, 6.07) is 12.4. The van der Waals surface area contributed by atoms with Crippen LogP contribution in [0, 0.1) is 6.92 Å². The normalized spacial score (nSPS) is 14.6. The lowest BCUT2D eigenvalue weighted by atomic mass is 10.0. The van der Waals surface area contributed by atoms with Crippen LogP contribution in [0.15, 0.2) is 36.4 Å². The number of aromatic nitrogens is 2. The lowest BCUT2D eigenvalue weighted by molar-refractivity contribution is -0.121. The lowest BCUT2D eigenvalue weighted by Gasteiger charge is -2.40. The number of benzene rings is 1. The summed E-state index contributed by atoms with van der Waals surface area (Å²) < 4.78 is 0. The predicted octanol–water partition coefficient (Wildman–Crippen LogP) is 2.46. The molecule has 5 heteroatoms. The quantitative estimate of drug-likeness (QED) is 0.918. The average Bonchev–Trinajstić information content (AvgIpc) is 2.52. The molecule has 1 saturated heterocycles. The molecule has 1 aromatic heterocycles. The highest BCUT2D eigenvalue weighted by Gasteiger charge is 2.29. The minimum absolute atomic E-state index is 0.0759. The summed E-state index contributed by atoms with van der Waals surface area (Å²) in [6.07, 6.45) is 0.430. The van der Waals surface area contributed by atoms with Gasteiger partial charge >= 0.3 is 0 Å². The third-order valence-electron chi connectivity index (χ3n) is 4.37. The molecule has 0 unspecified atom stereocenters. The van der Waals surface area contributed by atoms with E-state index in [9.17, 15) is 4.79 Å². The van der Waals surface area contributed by atoms with Crippen LogP contribution in [0.25, 0.3) is 0 Å². The van der Waals surface area contributed by atoms with Crippen LogP contribution in [0.3, 0.4) is 0 Å². The highest BCUT2D eigenvalue weighted by molar-refractivity contribution is 5.79. The number of carbonyl (C=O) groups excluding carboxylic acids is 1. The number of nitrogens with one attached hydrogen (secondary N) is 1. The van der Waals surface area contributed by atoms with E-state index in [1.807, 2.05) is 31.2 Å². The Morgan fingerprint density at radius 1 is 1.17 bits per heavy atom. The molecule has 0 radical (unpaired) electrons. The van der Waals surface area contributed by atoms with E-state index in [1.165, 1.54) is 5.56 Å². The molecule has 2 aromatic rings. The largest absolute Gasteiger partial charge is 0.351 e. The van der Waals surface area contributed by atoms with Gasteiger partial charge in [0.25, 0.3) is 0 Å². The Morgan fingerprint density at radius 2 is 1.88 bits per heavy atom. The molecule has 1 aliphatic rings. The standard InChI is InChI=1S/C19H24N4O/c1-13(2)16-7-5-15(6-8-16)10-19(24)20-17-11-23(12-17)18-9-4-14(3)21-22-18/h4-9,13,17H,10-12H2,1-3H3,(H,20,24). The molecular formula is C19H24N4O. The van der Waals surface area contributed by atoms with Crippen molar-refractivity contribution in [1.29, 1.82) is 0 Å². The van der Waals surface area contributed by atoms with Gasteiger partial charge in [0.1, 0.15) is 0 Å². The number of aryl methyl sites for hydroxylation is 1. The van der Waals surface area contributed by atoms with Gasteiger partial charge in [-0.15, -0.1) is 5.10 Å². The molecule has 1 N–H and O–H groups in total. The number of amides is 1. The molecule has 126 valence electrons. The molecule has 0 atom stereocenters. The number of anilines is 1. The van der Waals surface area contributed by atoms with Gasteiger partial charge in [0, 0.05) is 13.1 Å². The van der Waals surface area contributed by atoms with Crippen LogP contribution in [-0.2, 0) is 11.2 Å². The van der Waals surface area contributed by atoms with Crippen molar-refractivity contribution in [3.05, 3.63) is 53.2 Å². The Balaban J connectivity index is 1.46. The smallest absolute Gasteiger partial charge is 0.224 e. The van der Waals surface area contributed by atoms with Crippen LogP contribution in [0.1, 0.15) is 36.6 Å². The number of rotatable bonds is 5. The molecule has 5 nitrogen and oxygen atoms in total. The molecule has 2 heterocycles. The molecule has 0 saturated carbocycles. The van der Waals surface area contributed by atoms with Gasteiger partial charge in [0.15, 0.2) is 5.82 Å². The van der Waals surface area contributed by atoms with E-state index in [4.69, 9.17) is 0 Å². The third kappa shape index (κ3) is 3.91. The topological polar surface area (TPSA) is 58.1 Å². The lowest BCUT2D eigenvalue weighted by Crippen LogP contribution is -2.60. The summed E-state index contributed by atoms with van der Waals surface area (Å²) in [4.78, 5) is 14.3. The maximum Gasteiger partial charge on any atom is 0.224 e. The second-order valence-corrected chi connectivity index (χ2v) is 6.78. The Hall–Kier alpha value is -2.43. The van der Waals surface area contributed by atoms with Gasteiger partial charge in [-0.2, -0.15) is 5.10 Å². The van der Waals surface area contributed by atoms with Gasteiger partial charge in [0.2, 0.25) is 5.91 Å². The maximum absolute atomic E-state index is 12.2. The van der Waals surface area contributed by atoms with Crippen molar-refractivity contribution >= 4 is 11.7 Å². The van der Waals surface area contributed by atoms with Crippen molar-refractivity contribution in [2.24, 2.45) is 0 Å². The second kappa shape index (κ2) is 6.99. The van der Waals surface area contributed by atoms with Crippen molar-refractivity contribution in [3.63, 3.8) is 0 Å². The third-order valence-corrected chi connectivity index (χ3v) is 4.37. The van der Waals surface area contributed by atoms with E-state index < -0.39 is 0 Å². The van der Waals surface area contributed by atoms with Crippen LogP contribution in [0.2, 0.25) is 0 Å². The number of hydrogen-bond donors (Lipinski definition) is 1. The zero-order valence-corrected chi connectivity index (χ0v) is 14.5. The first kappa shape index (κ1) is 16.4. The molecule has 0 aliphatic carbocycles. The molecule has 3 rings (SSSR count). The average molecular weight is 324 g/mol. The highest BCUT2D eigenvalue weighted by Crippen LogP contribution is 2.18. The first-order valence-corrected chi connectivity index (χ1v) is 8.45. The minimum atomic E-state index is 0.0759. The molecule has 0 bridgehead atoms. The predicted molar refractivity (Wildman–Crippen MR) is 95.1 cm³/mol. The van der Waals surface area contributed by atoms with Crippen LogP contribution in [-0.4, -0.2) is 35.2 Å². The van der Waals surface area contributed by atoms with E-state index in [-0.39, 0.29) is 11.9 Å². The van der Waals surface area contributed by atoms with Crippen molar-refractivity contribution in [2.75, 3.05) is 18.0 Å². The maximum atomic E-state index is 12.2. The van der Waals surface area contributed by atoms with Crippen molar-refractivity contribution in [1.82, 2.24) is 15.5 Å². The Kier molecular flexibility index (Phi) is 4.79. The highest BCUT2D eigenvalue weighted by atomic mass is 16.1. The van der Waals surface area contributed by atoms with Gasteiger partial charge in [-0.1, -0.05) is 38.1 Å². The van der Waals surface area contributed by atoms with E-state index in [2.05, 4.69) is 46.4 Å². The van der Waals surface area contributed by atoms with Crippen molar-refractivity contribution in [3.8, 4) is 0 Å². The molecule has 1 aromatic carbocycles. The van der Waals surface area contributed by atoms with E-state index in [0.29, 0.717) is 12.3 Å². The van der Waals surface area contributed by atoms with Gasteiger partial charge in [-0.3, -0.25) is 4.79 Å². The van der Waals surface area contributed by atoms with E-state index >= 15 is 0 Å². The molecular weight excluding hydrogens is 300 g/mol. The summed E-state index contributed by atoms with van der Waals surface area (Å²) in [7, 11) is 0. The summed E-state index contributed by atoms with van der Waals surface area (Å²) in [5.41, 5.74) is 3.26. The van der Waals surface area contributed by atoms with Crippen LogP contribution >= 0.6 is 0 Å².